The predicted molar refractivity (Wildman–Crippen MR) is 166 cm³/mol. The molecule has 3 heterocycles. The van der Waals surface area contributed by atoms with Gasteiger partial charge in [-0.05, 0) is 95.9 Å². The van der Waals surface area contributed by atoms with Crippen LogP contribution in [0.15, 0.2) is 30.5 Å². The first kappa shape index (κ1) is 31.2. The van der Waals surface area contributed by atoms with Crippen LogP contribution in [-0.2, 0) is 19.0 Å². The fourth-order valence-corrected chi connectivity index (χ4v) is 6.04. The van der Waals surface area contributed by atoms with E-state index in [-0.39, 0.29) is 12.0 Å². The third-order valence-electron chi connectivity index (χ3n) is 8.98. The Morgan fingerprint density at radius 2 is 1.88 bits per heavy atom. The lowest BCUT2D eigenvalue weighted by atomic mass is 9.82. The van der Waals surface area contributed by atoms with Crippen molar-refractivity contribution >= 4 is 17.6 Å². The second kappa shape index (κ2) is 14.0. The van der Waals surface area contributed by atoms with Gasteiger partial charge >= 0.3 is 5.97 Å². The molecule has 0 bridgehead atoms. The molecule has 0 unspecified atom stereocenters. The average molecular weight is 591 g/mol. The van der Waals surface area contributed by atoms with E-state index in [1.54, 1.807) is 0 Å². The summed E-state index contributed by atoms with van der Waals surface area (Å²) in [6, 6.07) is 11.5. The number of hydrogen-bond acceptors (Lipinski definition) is 10. The quantitative estimate of drug-likeness (QED) is 0.274. The average Bonchev–Trinajstić information content (AvgIpc) is 3.83. The van der Waals surface area contributed by atoms with Gasteiger partial charge in [-0.15, -0.1) is 0 Å². The minimum Gasteiger partial charge on any atom is -0.464 e. The molecular formula is C33H46N6O4. The molecule has 3 fully saturated rings. The minimum atomic E-state index is -0.703. The third kappa shape index (κ3) is 8.02. The second-order valence-corrected chi connectivity index (χ2v) is 12.4. The number of aromatic nitrogens is 2. The number of nitriles is 1. The lowest BCUT2D eigenvalue weighted by molar-refractivity contribution is -0.160. The molecule has 2 aromatic heterocycles. The highest BCUT2D eigenvalue weighted by atomic mass is 16.6. The number of carbonyl (C=O) groups excluding carboxylic acids is 1. The molecule has 0 amide bonds. The normalized spacial score (nSPS) is 23.0. The van der Waals surface area contributed by atoms with Crippen LogP contribution in [0.2, 0.25) is 0 Å². The zero-order valence-electron chi connectivity index (χ0n) is 25.8. The van der Waals surface area contributed by atoms with Crippen LogP contribution < -0.4 is 16.0 Å². The second-order valence-electron chi connectivity index (χ2n) is 12.4. The van der Waals surface area contributed by atoms with Crippen molar-refractivity contribution < 1.29 is 19.0 Å². The van der Waals surface area contributed by atoms with Gasteiger partial charge in [0.05, 0.1) is 30.4 Å². The van der Waals surface area contributed by atoms with Crippen LogP contribution in [-0.4, -0.2) is 72.6 Å². The monoisotopic (exact) mass is 590 g/mol. The topological polar surface area (TPSA) is 130 Å². The van der Waals surface area contributed by atoms with Crippen molar-refractivity contribution in [2.45, 2.75) is 95.9 Å². The Kier molecular flexibility index (Phi) is 10.2. The molecule has 1 aliphatic heterocycles. The standard InChI is InChI=1S/C33H46N6O4/c1-4-42-31(40)33(12-13-33)43-20-24(3)37-25-8-10-26(11-9-25)38-30-18-27(23(2)19-35-30)28-6-5-7-29(39-28)36-22-32(21-34)14-16-41-17-15-32/h5-7,18-19,24-26,37H,4,8-17,20,22H2,1-3H3,(H,35,38)(H,36,39)/t24-,25?,26?/m1/s1. The first-order valence-corrected chi connectivity index (χ1v) is 15.8. The van der Waals surface area contributed by atoms with Crippen LogP contribution in [0.5, 0.6) is 0 Å². The molecule has 5 rings (SSSR count). The van der Waals surface area contributed by atoms with Crippen molar-refractivity contribution in [2.75, 3.05) is 43.6 Å². The van der Waals surface area contributed by atoms with E-state index >= 15 is 0 Å². The predicted octanol–water partition coefficient (Wildman–Crippen LogP) is 5.00. The van der Waals surface area contributed by atoms with E-state index in [0.717, 1.165) is 79.8 Å². The van der Waals surface area contributed by atoms with Gasteiger partial charge < -0.3 is 30.2 Å². The van der Waals surface area contributed by atoms with E-state index in [9.17, 15) is 10.1 Å². The van der Waals surface area contributed by atoms with E-state index in [1.165, 1.54) is 0 Å². The van der Waals surface area contributed by atoms with Gasteiger partial charge in [-0.25, -0.2) is 14.8 Å². The number of anilines is 2. The highest BCUT2D eigenvalue weighted by molar-refractivity contribution is 5.82. The molecular weight excluding hydrogens is 544 g/mol. The molecule has 43 heavy (non-hydrogen) atoms. The highest BCUT2D eigenvalue weighted by Gasteiger charge is 2.53. The maximum atomic E-state index is 12.2. The van der Waals surface area contributed by atoms with E-state index in [4.69, 9.17) is 19.2 Å². The Hall–Kier alpha value is -3.26. The van der Waals surface area contributed by atoms with Gasteiger partial charge in [0.15, 0.2) is 5.60 Å². The van der Waals surface area contributed by atoms with Crippen LogP contribution in [0, 0.1) is 23.7 Å². The molecule has 232 valence electrons. The smallest absolute Gasteiger partial charge is 0.338 e. The van der Waals surface area contributed by atoms with Crippen LogP contribution in [0.25, 0.3) is 11.3 Å². The van der Waals surface area contributed by atoms with Gasteiger partial charge in [0.2, 0.25) is 0 Å². The molecule has 3 aliphatic rings. The molecule has 2 aromatic rings. The first-order chi connectivity index (χ1) is 20.8. The molecule has 0 radical (unpaired) electrons. The van der Waals surface area contributed by atoms with E-state index < -0.39 is 11.0 Å². The Balaban J connectivity index is 1.11. The van der Waals surface area contributed by atoms with E-state index in [1.807, 2.05) is 31.3 Å². The van der Waals surface area contributed by atoms with Crippen LogP contribution in [0.1, 0.15) is 70.8 Å². The minimum absolute atomic E-state index is 0.169. The molecule has 3 N–H and O–H groups in total. The van der Waals surface area contributed by atoms with Gasteiger partial charge in [0.1, 0.15) is 11.6 Å². The summed E-state index contributed by atoms with van der Waals surface area (Å²) in [4.78, 5) is 21.7. The van der Waals surface area contributed by atoms with Crippen molar-refractivity contribution in [3.63, 3.8) is 0 Å². The Bertz CT molecular complexity index is 1280. The molecule has 1 atom stereocenters. The first-order valence-electron chi connectivity index (χ1n) is 15.8. The summed E-state index contributed by atoms with van der Waals surface area (Å²) in [6.45, 7) is 8.70. The van der Waals surface area contributed by atoms with Gasteiger partial charge in [-0.1, -0.05) is 6.07 Å². The zero-order chi connectivity index (χ0) is 30.3. The number of esters is 1. The van der Waals surface area contributed by atoms with Crippen LogP contribution in [0.4, 0.5) is 11.6 Å². The summed E-state index contributed by atoms with van der Waals surface area (Å²) in [5.74, 6) is 1.40. The van der Waals surface area contributed by atoms with Crippen molar-refractivity contribution in [1.82, 2.24) is 15.3 Å². The Labute approximate surface area is 255 Å². The lowest BCUT2D eigenvalue weighted by Gasteiger charge is -2.32. The summed E-state index contributed by atoms with van der Waals surface area (Å²) < 4.78 is 16.6. The molecule has 2 aliphatic carbocycles. The molecule has 0 aromatic carbocycles. The number of aryl methyl sites for hydroxylation is 1. The maximum Gasteiger partial charge on any atom is 0.338 e. The summed E-state index contributed by atoms with van der Waals surface area (Å²) in [6.07, 6.45) is 9.10. The molecule has 10 nitrogen and oxygen atoms in total. The molecule has 10 heteroatoms. The van der Waals surface area contributed by atoms with Gasteiger partial charge in [0.25, 0.3) is 0 Å². The van der Waals surface area contributed by atoms with Crippen molar-refractivity contribution in [3.8, 4) is 17.3 Å². The fraction of sp³-hybridized carbons (Fsp3) is 0.636. The molecule has 0 spiro atoms. The van der Waals surface area contributed by atoms with Gasteiger partial charge in [-0.2, -0.15) is 5.26 Å². The fourth-order valence-electron chi connectivity index (χ4n) is 6.04. The van der Waals surface area contributed by atoms with Crippen molar-refractivity contribution in [1.29, 1.82) is 5.26 Å². The maximum absolute atomic E-state index is 12.2. The summed E-state index contributed by atoms with van der Waals surface area (Å²) in [7, 11) is 0. The number of rotatable bonds is 13. The van der Waals surface area contributed by atoms with E-state index in [0.29, 0.717) is 45.1 Å². The number of hydrogen-bond donors (Lipinski definition) is 3. The largest absolute Gasteiger partial charge is 0.464 e. The van der Waals surface area contributed by atoms with Crippen molar-refractivity contribution in [2.24, 2.45) is 5.41 Å². The Morgan fingerprint density at radius 1 is 1.14 bits per heavy atom. The number of nitrogens with one attached hydrogen (secondary N) is 3. The number of pyridine rings is 2. The summed E-state index contributed by atoms with van der Waals surface area (Å²) >= 11 is 0. The molecule has 1 saturated heterocycles. The van der Waals surface area contributed by atoms with Crippen LogP contribution >= 0.6 is 0 Å². The van der Waals surface area contributed by atoms with Crippen molar-refractivity contribution in [3.05, 3.63) is 36.0 Å². The van der Waals surface area contributed by atoms with Gasteiger partial charge in [-0.3, -0.25) is 0 Å². The number of carbonyl (C=O) groups is 1. The number of nitrogens with zero attached hydrogens (tertiary/aromatic N) is 3. The summed E-state index contributed by atoms with van der Waals surface area (Å²) in [5.41, 5.74) is 1.87. The van der Waals surface area contributed by atoms with Gasteiger partial charge in [0, 0.05) is 49.6 Å². The SMILES string of the molecule is CCOC(=O)C1(OC[C@@H](C)NC2CCC(Nc3cc(-c4cccc(NCC5(C#N)CCOCC5)n4)c(C)cn3)CC2)CC1. The zero-order valence-corrected chi connectivity index (χ0v) is 25.8. The number of ether oxygens (including phenoxy) is 3. The third-order valence-corrected chi connectivity index (χ3v) is 8.98. The molecule has 2 saturated carbocycles. The lowest BCUT2D eigenvalue weighted by Crippen LogP contribution is -2.44. The summed E-state index contributed by atoms with van der Waals surface area (Å²) in [5, 5.41) is 20.5. The van der Waals surface area contributed by atoms with Crippen LogP contribution in [0.3, 0.4) is 0 Å². The highest BCUT2D eigenvalue weighted by Crippen LogP contribution is 2.41. The van der Waals surface area contributed by atoms with E-state index in [2.05, 4.69) is 46.9 Å². The Morgan fingerprint density at radius 3 is 2.58 bits per heavy atom.